The quantitative estimate of drug-likeness (QED) is 0.458. The Labute approximate surface area is 184 Å². The zero-order valence-electron chi connectivity index (χ0n) is 16.8. The van der Waals surface area contributed by atoms with Gasteiger partial charge in [0.2, 0.25) is 11.8 Å². The largest absolute Gasteiger partial charge is 0.326 e. The maximum atomic E-state index is 13.2. The van der Waals surface area contributed by atoms with E-state index < -0.39 is 6.04 Å². The zero-order valence-corrected chi connectivity index (χ0v) is 18.9. The van der Waals surface area contributed by atoms with Crippen LogP contribution in [0.5, 0.6) is 0 Å². The predicted octanol–water partition coefficient (Wildman–Crippen LogP) is 3.78. The highest BCUT2D eigenvalue weighted by Crippen LogP contribution is 2.29. The lowest BCUT2D eigenvalue weighted by Gasteiger charge is -2.30. The van der Waals surface area contributed by atoms with Gasteiger partial charge in [-0.15, -0.1) is 0 Å². The molecule has 1 aromatic heterocycles. The molecule has 1 atom stereocenters. The van der Waals surface area contributed by atoms with Crippen molar-refractivity contribution in [2.24, 2.45) is 5.41 Å². The summed E-state index contributed by atoms with van der Waals surface area (Å²) in [6.45, 7) is 6.18. The number of benzene rings is 1. The summed E-state index contributed by atoms with van der Waals surface area (Å²) in [7, 11) is 0. The molecule has 0 aliphatic carbocycles. The first kappa shape index (κ1) is 21.4. The second-order valence-electron chi connectivity index (χ2n) is 8.38. The molecule has 29 heavy (non-hydrogen) atoms. The molecule has 1 unspecified atom stereocenters. The predicted molar refractivity (Wildman–Crippen MR) is 119 cm³/mol. The third kappa shape index (κ3) is 5.20. The summed E-state index contributed by atoms with van der Waals surface area (Å²) in [5.74, 6) is -0.791. The number of halogens is 1. The van der Waals surface area contributed by atoms with Crippen LogP contribution in [0.3, 0.4) is 0 Å². The summed E-state index contributed by atoms with van der Waals surface area (Å²) < 4.78 is 1.01. The minimum atomic E-state index is -0.808. The first-order chi connectivity index (χ1) is 13.7. The van der Waals surface area contributed by atoms with Crippen LogP contribution in [0.25, 0.3) is 0 Å². The highest BCUT2D eigenvalue weighted by Gasteiger charge is 2.44. The van der Waals surface area contributed by atoms with Gasteiger partial charge in [-0.1, -0.05) is 26.8 Å². The second kappa shape index (κ2) is 8.61. The molecule has 0 bridgehead atoms. The number of aromatic nitrogens is 1. The third-order valence-corrected chi connectivity index (χ3v) is 5.38. The van der Waals surface area contributed by atoms with E-state index in [-0.39, 0.29) is 42.5 Å². The number of pyridine rings is 1. The van der Waals surface area contributed by atoms with Crippen LogP contribution in [0, 0.1) is 8.99 Å². The molecule has 3 rings (SSSR count). The molecule has 0 spiro atoms. The Morgan fingerprint density at radius 2 is 1.90 bits per heavy atom. The van der Waals surface area contributed by atoms with Crippen LogP contribution in [-0.2, 0) is 20.9 Å². The SMILES string of the molecule is CC(C)(C)CC(=O)N(Cc1cccnc1)C1CC(=O)N(c2ccc(I)cc2)C1=O. The van der Waals surface area contributed by atoms with Crippen molar-refractivity contribution in [2.75, 3.05) is 4.90 Å². The Kier molecular flexibility index (Phi) is 6.36. The molecule has 2 heterocycles. The molecule has 6 nitrogen and oxygen atoms in total. The van der Waals surface area contributed by atoms with E-state index in [1.807, 2.05) is 39.0 Å². The summed E-state index contributed by atoms with van der Waals surface area (Å²) >= 11 is 2.17. The highest BCUT2D eigenvalue weighted by molar-refractivity contribution is 14.1. The molecule has 2 aromatic rings. The van der Waals surface area contributed by atoms with Crippen molar-refractivity contribution in [2.45, 2.75) is 46.2 Å². The Morgan fingerprint density at radius 3 is 2.48 bits per heavy atom. The van der Waals surface area contributed by atoms with Gasteiger partial charge < -0.3 is 4.90 Å². The van der Waals surface area contributed by atoms with E-state index in [9.17, 15) is 14.4 Å². The van der Waals surface area contributed by atoms with E-state index in [0.29, 0.717) is 5.69 Å². The first-order valence-corrected chi connectivity index (χ1v) is 10.5. The van der Waals surface area contributed by atoms with E-state index in [0.717, 1.165) is 9.13 Å². The van der Waals surface area contributed by atoms with Gasteiger partial charge in [0.25, 0.3) is 5.91 Å². The molecule has 1 aliphatic rings. The van der Waals surface area contributed by atoms with E-state index in [1.165, 1.54) is 9.80 Å². The Bertz CT molecular complexity index is 907. The van der Waals surface area contributed by atoms with Crippen LogP contribution in [0.2, 0.25) is 0 Å². The van der Waals surface area contributed by atoms with Crippen molar-refractivity contribution in [3.05, 3.63) is 57.9 Å². The molecular formula is C22H24IN3O3. The summed E-state index contributed by atoms with van der Waals surface area (Å²) in [5, 5.41) is 0. The van der Waals surface area contributed by atoms with Gasteiger partial charge in [0, 0.05) is 28.9 Å². The molecule has 0 saturated carbocycles. The molecular weight excluding hydrogens is 481 g/mol. The number of imide groups is 1. The first-order valence-electron chi connectivity index (χ1n) is 9.46. The van der Waals surface area contributed by atoms with Crippen LogP contribution in [-0.4, -0.2) is 33.6 Å². The van der Waals surface area contributed by atoms with Crippen LogP contribution < -0.4 is 4.90 Å². The molecule has 0 N–H and O–H groups in total. The molecule has 7 heteroatoms. The topological polar surface area (TPSA) is 70.6 Å². The van der Waals surface area contributed by atoms with Gasteiger partial charge in [0.05, 0.1) is 12.1 Å². The fraction of sp³-hybridized carbons (Fsp3) is 0.364. The van der Waals surface area contributed by atoms with Crippen LogP contribution in [0.4, 0.5) is 5.69 Å². The van der Waals surface area contributed by atoms with Gasteiger partial charge in [-0.25, -0.2) is 4.90 Å². The average Bonchev–Trinajstić information content (AvgIpc) is 2.94. The summed E-state index contributed by atoms with van der Waals surface area (Å²) in [6, 6.07) is 10.1. The van der Waals surface area contributed by atoms with Gasteiger partial charge in [-0.3, -0.25) is 19.4 Å². The normalized spacial score (nSPS) is 17.0. The lowest BCUT2D eigenvalue weighted by atomic mass is 9.91. The fourth-order valence-electron chi connectivity index (χ4n) is 3.34. The maximum absolute atomic E-state index is 13.2. The molecule has 1 saturated heterocycles. The number of anilines is 1. The smallest absolute Gasteiger partial charge is 0.257 e. The minimum absolute atomic E-state index is 0.0129. The number of hydrogen-bond donors (Lipinski definition) is 0. The van der Waals surface area contributed by atoms with Crippen molar-refractivity contribution >= 4 is 46.0 Å². The van der Waals surface area contributed by atoms with Crippen LogP contribution >= 0.6 is 22.6 Å². The fourth-order valence-corrected chi connectivity index (χ4v) is 3.70. The van der Waals surface area contributed by atoms with Gasteiger partial charge >= 0.3 is 0 Å². The summed E-state index contributed by atoms with van der Waals surface area (Å²) in [5.41, 5.74) is 1.13. The molecule has 0 radical (unpaired) electrons. The van der Waals surface area contributed by atoms with Crippen LogP contribution in [0.1, 0.15) is 39.2 Å². The van der Waals surface area contributed by atoms with Crippen molar-refractivity contribution in [3.63, 3.8) is 0 Å². The molecule has 3 amide bonds. The number of nitrogens with zero attached hydrogens (tertiary/aromatic N) is 3. The van der Waals surface area contributed by atoms with E-state index in [4.69, 9.17) is 0 Å². The van der Waals surface area contributed by atoms with E-state index in [1.54, 1.807) is 30.6 Å². The summed E-state index contributed by atoms with van der Waals surface area (Å²) in [4.78, 5) is 45.8. The highest BCUT2D eigenvalue weighted by atomic mass is 127. The lowest BCUT2D eigenvalue weighted by Crippen LogP contribution is -2.46. The van der Waals surface area contributed by atoms with Gasteiger partial charge in [0.15, 0.2) is 0 Å². The van der Waals surface area contributed by atoms with Gasteiger partial charge in [-0.2, -0.15) is 0 Å². The number of carbonyl (C=O) groups is 3. The van der Waals surface area contributed by atoms with Gasteiger partial charge in [-0.05, 0) is 63.9 Å². The van der Waals surface area contributed by atoms with E-state index >= 15 is 0 Å². The number of hydrogen-bond acceptors (Lipinski definition) is 4. The average molecular weight is 505 g/mol. The second-order valence-corrected chi connectivity index (χ2v) is 9.63. The molecule has 1 aromatic carbocycles. The number of carbonyl (C=O) groups excluding carboxylic acids is 3. The van der Waals surface area contributed by atoms with Crippen LogP contribution in [0.15, 0.2) is 48.8 Å². The molecule has 1 aliphatic heterocycles. The Morgan fingerprint density at radius 1 is 1.21 bits per heavy atom. The van der Waals surface area contributed by atoms with Crippen molar-refractivity contribution < 1.29 is 14.4 Å². The van der Waals surface area contributed by atoms with Crippen molar-refractivity contribution in [3.8, 4) is 0 Å². The Balaban J connectivity index is 1.90. The van der Waals surface area contributed by atoms with Gasteiger partial charge in [0.1, 0.15) is 6.04 Å². The number of rotatable bonds is 5. The monoisotopic (exact) mass is 505 g/mol. The molecule has 152 valence electrons. The molecule has 1 fully saturated rings. The van der Waals surface area contributed by atoms with Crippen molar-refractivity contribution in [1.29, 1.82) is 0 Å². The third-order valence-electron chi connectivity index (χ3n) is 4.66. The Hall–Kier alpha value is -2.29. The van der Waals surface area contributed by atoms with E-state index in [2.05, 4.69) is 27.6 Å². The maximum Gasteiger partial charge on any atom is 0.257 e. The zero-order chi connectivity index (χ0) is 21.2. The van der Waals surface area contributed by atoms with Crippen molar-refractivity contribution in [1.82, 2.24) is 9.88 Å². The lowest BCUT2D eigenvalue weighted by molar-refractivity contribution is -0.140. The minimum Gasteiger partial charge on any atom is -0.326 e. The summed E-state index contributed by atoms with van der Waals surface area (Å²) in [6.07, 6.45) is 3.61. The standard InChI is InChI=1S/C22H24IN3O3/c1-22(2,3)12-20(28)25(14-15-5-4-10-24-13-15)18-11-19(27)26(21(18)29)17-8-6-16(23)7-9-17/h4-10,13,18H,11-12,14H2,1-3H3. The number of amides is 3.